The van der Waals surface area contributed by atoms with E-state index in [1.807, 2.05) is 13.8 Å². The minimum absolute atomic E-state index is 0. The van der Waals surface area contributed by atoms with Crippen LogP contribution in [0, 0.1) is 0 Å². The topological polar surface area (TPSA) is 70.5 Å². The third-order valence-corrected chi connectivity index (χ3v) is 0.809. The van der Waals surface area contributed by atoms with Gasteiger partial charge in [-0.15, -0.1) is 0 Å². The molecule has 0 aromatic rings. The van der Waals surface area contributed by atoms with E-state index in [4.69, 9.17) is 11.5 Å². The summed E-state index contributed by atoms with van der Waals surface area (Å²) in [6.07, 6.45) is 0. The fourth-order valence-corrected chi connectivity index (χ4v) is 0.520. The summed E-state index contributed by atoms with van der Waals surface area (Å²) in [5.41, 5.74) is 9.82. The number of rotatable bonds is 2. The summed E-state index contributed by atoms with van der Waals surface area (Å²) in [5.74, 6) is 0. The summed E-state index contributed by atoms with van der Waals surface area (Å²) < 4.78 is 9.10. The van der Waals surface area contributed by atoms with Crippen LogP contribution in [-0.2, 0) is 29.0 Å². The second-order valence-electron chi connectivity index (χ2n) is 1.50. The van der Waals surface area contributed by atoms with E-state index >= 15 is 0 Å². The first kappa shape index (κ1) is 29.4. The number of hydrogen-bond acceptors (Lipinski definition) is 4. The van der Waals surface area contributed by atoms with Gasteiger partial charge in [-0.25, -0.2) is 0 Å². The molecule has 0 bridgehead atoms. The minimum Gasteiger partial charge on any atom is -0.472 e. The van der Waals surface area contributed by atoms with Crippen LogP contribution < -0.4 is 11.5 Å². The third kappa shape index (κ3) is 56.0. The fraction of sp³-hybridized carbons (Fsp3) is 0.750. The molecular formula is C8H22N2O2S2Zn. The molecule has 0 radical (unpaired) electrons. The van der Waals surface area contributed by atoms with Crippen molar-refractivity contribution in [3.8, 4) is 0 Å². The number of ether oxygens (including phenoxy) is 2. The van der Waals surface area contributed by atoms with Crippen LogP contribution in [0.25, 0.3) is 0 Å². The van der Waals surface area contributed by atoms with E-state index in [1.165, 1.54) is 0 Å². The van der Waals surface area contributed by atoms with Crippen molar-refractivity contribution in [3.05, 3.63) is 0 Å². The van der Waals surface area contributed by atoms with Gasteiger partial charge in [0.05, 0.1) is 13.2 Å². The molecule has 0 rings (SSSR count). The zero-order chi connectivity index (χ0) is 9.98. The zero-order valence-corrected chi connectivity index (χ0v) is 12.5. The molecule has 0 saturated heterocycles. The van der Waals surface area contributed by atoms with Crippen molar-refractivity contribution in [2.75, 3.05) is 13.2 Å². The maximum atomic E-state index is 4.91. The van der Waals surface area contributed by atoms with Gasteiger partial charge in [-0.05, 0) is 38.3 Å². The smallest absolute Gasteiger partial charge is 0.253 e. The van der Waals surface area contributed by atoms with Crippen molar-refractivity contribution in [2.24, 2.45) is 11.5 Å². The Kier molecular flexibility index (Phi) is 46.4. The first-order valence-electron chi connectivity index (χ1n) is 3.39. The maximum Gasteiger partial charge on any atom is 0.253 e. The molecule has 4 N–H and O–H groups in total. The number of nitrogens with two attached hydrogens (primary N) is 2. The molecule has 90 valence electrons. The Morgan fingerprint density at radius 3 is 1.13 bits per heavy atom. The molecule has 0 spiro atoms. The molecule has 0 amide bonds. The second kappa shape index (κ2) is 23.7. The summed E-state index contributed by atoms with van der Waals surface area (Å²) in [4.78, 5) is 0. The van der Waals surface area contributed by atoms with Crippen LogP contribution in [0.3, 0.4) is 0 Å². The zero-order valence-electron chi connectivity index (χ0n) is 7.91. The van der Waals surface area contributed by atoms with Crippen LogP contribution in [0.2, 0.25) is 0 Å². The van der Waals surface area contributed by atoms with Gasteiger partial charge in [-0.1, -0.05) is 14.9 Å². The van der Waals surface area contributed by atoms with Gasteiger partial charge in [0.2, 0.25) is 0 Å². The van der Waals surface area contributed by atoms with Crippen LogP contribution in [0.5, 0.6) is 0 Å². The normalized spacial score (nSPS) is 6.00. The SMILES string of the molecule is C.C.CCOC(N)=S.CCOC(N)=S.[Zn]. The van der Waals surface area contributed by atoms with Crippen molar-refractivity contribution in [2.45, 2.75) is 28.7 Å². The first-order valence-corrected chi connectivity index (χ1v) is 4.20. The Morgan fingerprint density at radius 1 is 0.933 bits per heavy atom. The van der Waals surface area contributed by atoms with E-state index in [9.17, 15) is 0 Å². The van der Waals surface area contributed by atoms with Crippen molar-refractivity contribution in [1.29, 1.82) is 0 Å². The molecule has 0 fully saturated rings. The third-order valence-electron chi connectivity index (χ3n) is 0.573. The van der Waals surface area contributed by atoms with Gasteiger partial charge in [0.15, 0.2) is 0 Å². The van der Waals surface area contributed by atoms with Crippen molar-refractivity contribution < 1.29 is 29.0 Å². The minimum atomic E-state index is 0. The van der Waals surface area contributed by atoms with E-state index in [0.29, 0.717) is 13.2 Å². The Bertz CT molecular complexity index is 133. The van der Waals surface area contributed by atoms with Crippen molar-refractivity contribution in [3.63, 3.8) is 0 Å². The first-order chi connectivity index (χ1) is 5.54. The molecular weight excluding hydrogens is 286 g/mol. The Hall–Kier alpha value is 0.00338. The van der Waals surface area contributed by atoms with Crippen LogP contribution in [0.4, 0.5) is 0 Å². The summed E-state index contributed by atoms with van der Waals surface area (Å²) in [5, 5.41) is 0.245. The molecule has 0 saturated carbocycles. The molecule has 0 atom stereocenters. The Balaban J connectivity index is -0.0000000370. The molecule has 0 unspecified atom stereocenters. The number of thiocarbonyl (C=S) groups is 2. The summed E-state index contributed by atoms with van der Waals surface area (Å²) in [6.45, 7) is 4.79. The summed E-state index contributed by atoms with van der Waals surface area (Å²) in [7, 11) is 0. The van der Waals surface area contributed by atoms with Crippen LogP contribution in [0.15, 0.2) is 0 Å². The van der Waals surface area contributed by atoms with Gasteiger partial charge < -0.3 is 20.9 Å². The predicted octanol–water partition coefficient (Wildman–Crippen LogP) is 1.80. The molecule has 0 aromatic heterocycles. The average molecular weight is 308 g/mol. The van der Waals surface area contributed by atoms with Gasteiger partial charge in [0.25, 0.3) is 10.3 Å². The van der Waals surface area contributed by atoms with E-state index in [0.717, 1.165) is 0 Å². The van der Waals surface area contributed by atoms with Crippen molar-refractivity contribution in [1.82, 2.24) is 0 Å². The molecule has 7 heteroatoms. The van der Waals surface area contributed by atoms with Gasteiger partial charge in [0, 0.05) is 19.5 Å². The van der Waals surface area contributed by atoms with Crippen molar-refractivity contribution >= 4 is 34.8 Å². The predicted molar refractivity (Wildman–Crippen MR) is 70.3 cm³/mol. The molecule has 15 heavy (non-hydrogen) atoms. The molecule has 0 aliphatic carbocycles. The van der Waals surface area contributed by atoms with E-state index in [2.05, 4.69) is 33.9 Å². The average Bonchev–Trinajstić information content (AvgIpc) is 1.87. The fourth-order valence-electron chi connectivity index (χ4n) is 0.285. The van der Waals surface area contributed by atoms with Crippen LogP contribution >= 0.6 is 24.4 Å². The monoisotopic (exact) mass is 306 g/mol. The van der Waals surface area contributed by atoms with Crippen LogP contribution in [-0.4, -0.2) is 23.6 Å². The second-order valence-corrected chi connectivity index (χ2v) is 2.31. The molecule has 0 aromatic carbocycles. The summed E-state index contributed by atoms with van der Waals surface area (Å²) in [6, 6.07) is 0. The molecule has 0 aliphatic rings. The molecule has 0 heterocycles. The van der Waals surface area contributed by atoms with Crippen LogP contribution in [0.1, 0.15) is 28.7 Å². The van der Waals surface area contributed by atoms with Gasteiger partial charge in [-0.2, -0.15) is 0 Å². The van der Waals surface area contributed by atoms with Gasteiger partial charge in [0.1, 0.15) is 0 Å². The standard InChI is InChI=1S/2C3H7NOS.2CH4.Zn/c2*1-2-5-3(4)6;;;/h2*2H2,1H3,(H2,4,6);2*1H4;. The molecule has 0 aliphatic heterocycles. The van der Waals surface area contributed by atoms with E-state index < -0.39 is 0 Å². The Morgan fingerprint density at radius 2 is 1.13 bits per heavy atom. The molecule has 4 nitrogen and oxygen atoms in total. The maximum absolute atomic E-state index is 4.91. The van der Waals surface area contributed by atoms with Gasteiger partial charge >= 0.3 is 0 Å². The Labute approximate surface area is 117 Å². The van der Waals surface area contributed by atoms with E-state index in [-0.39, 0.29) is 44.7 Å². The quantitative estimate of drug-likeness (QED) is 0.599. The largest absolute Gasteiger partial charge is 0.472 e. The van der Waals surface area contributed by atoms with Gasteiger partial charge in [-0.3, -0.25) is 0 Å². The summed E-state index contributed by atoms with van der Waals surface area (Å²) >= 11 is 8.70. The number of hydrogen-bond donors (Lipinski definition) is 2. The van der Waals surface area contributed by atoms with E-state index in [1.54, 1.807) is 0 Å².